The van der Waals surface area contributed by atoms with Crippen molar-refractivity contribution < 1.29 is 0 Å². The van der Waals surface area contributed by atoms with E-state index in [9.17, 15) is 0 Å². The molecule has 19 heavy (non-hydrogen) atoms. The Morgan fingerprint density at radius 1 is 1.16 bits per heavy atom. The lowest BCUT2D eigenvalue weighted by Gasteiger charge is -2.05. The molecular weight excluding hydrogens is 238 g/mol. The maximum atomic E-state index is 4.11. The monoisotopic (exact) mass is 253 g/mol. The zero-order chi connectivity index (χ0) is 13.1. The third kappa shape index (κ3) is 2.61. The Morgan fingerprint density at radius 2 is 2.11 bits per heavy atom. The second-order valence-corrected chi connectivity index (χ2v) is 4.52. The zero-order valence-electron chi connectivity index (χ0n) is 10.7. The van der Waals surface area contributed by atoms with E-state index < -0.39 is 0 Å². The first kappa shape index (κ1) is 11.8. The first-order chi connectivity index (χ1) is 9.33. The molecule has 2 heterocycles. The molecule has 0 aliphatic heterocycles. The molecule has 3 aromatic rings. The number of hydrogen-bond donors (Lipinski definition) is 1. The molecule has 0 unspecified atom stereocenters. The third-order valence-electron chi connectivity index (χ3n) is 3.12. The van der Waals surface area contributed by atoms with Gasteiger partial charge >= 0.3 is 0 Å². The van der Waals surface area contributed by atoms with Crippen molar-refractivity contribution in [2.75, 3.05) is 0 Å². The van der Waals surface area contributed by atoms with Crippen LogP contribution in [0.15, 0.2) is 43.0 Å². The van der Waals surface area contributed by atoms with Crippen molar-refractivity contribution in [3.8, 4) is 0 Å². The van der Waals surface area contributed by atoms with Crippen LogP contribution in [-0.2, 0) is 20.1 Å². The molecule has 96 valence electrons. The Hall–Kier alpha value is -2.27. The Morgan fingerprint density at radius 3 is 2.95 bits per heavy atom. The van der Waals surface area contributed by atoms with Crippen molar-refractivity contribution in [2.45, 2.75) is 13.1 Å². The van der Waals surface area contributed by atoms with E-state index in [1.54, 1.807) is 6.33 Å². The van der Waals surface area contributed by atoms with Crippen LogP contribution in [0.2, 0.25) is 0 Å². The van der Waals surface area contributed by atoms with Gasteiger partial charge in [0.05, 0.1) is 6.54 Å². The van der Waals surface area contributed by atoms with Gasteiger partial charge < -0.3 is 9.88 Å². The minimum Gasteiger partial charge on any atom is -0.320 e. The smallest absolute Gasteiger partial charge is 0.146 e. The number of benzene rings is 1. The minimum atomic E-state index is 0.713. The van der Waals surface area contributed by atoms with E-state index in [4.69, 9.17) is 0 Å². The normalized spacial score (nSPS) is 11.0. The number of hydrogen-bond acceptors (Lipinski definition) is 4. The molecule has 0 bridgehead atoms. The predicted octanol–water partition coefficient (Wildman–Crippen LogP) is 1.65. The summed E-state index contributed by atoms with van der Waals surface area (Å²) in [5, 5.41) is 13.6. The van der Waals surface area contributed by atoms with E-state index in [1.807, 2.05) is 30.1 Å². The summed E-state index contributed by atoms with van der Waals surface area (Å²) in [4.78, 5) is 4.11. The standard InChI is InChI=1S/C14H15N5/c1-19-10-17-18-14(19)9-16-7-11-2-3-13-8-15-5-4-12(13)6-11/h2-6,8,10,16H,7,9H2,1H3. The fourth-order valence-corrected chi connectivity index (χ4v) is 2.03. The highest BCUT2D eigenvalue weighted by molar-refractivity contribution is 5.81. The number of nitrogens with one attached hydrogen (secondary N) is 1. The highest BCUT2D eigenvalue weighted by atomic mass is 15.3. The average Bonchev–Trinajstić information content (AvgIpc) is 2.84. The molecule has 0 fully saturated rings. The Kier molecular flexibility index (Phi) is 3.20. The van der Waals surface area contributed by atoms with Gasteiger partial charge in [-0.15, -0.1) is 10.2 Å². The number of aromatic nitrogens is 4. The lowest BCUT2D eigenvalue weighted by Crippen LogP contribution is -2.15. The summed E-state index contributed by atoms with van der Waals surface area (Å²) in [5.41, 5.74) is 1.25. The molecule has 0 aliphatic carbocycles. The summed E-state index contributed by atoms with van der Waals surface area (Å²) in [7, 11) is 1.94. The molecule has 5 nitrogen and oxygen atoms in total. The first-order valence-corrected chi connectivity index (χ1v) is 6.19. The van der Waals surface area contributed by atoms with Crippen LogP contribution in [0.4, 0.5) is 0 Å². The van der Waals surface area contributed by atoms with Crippen molar-refractivity contribution >= 4 is 10.8 Å². The predicted molar refractivity (Wildman–Crippen MR) is 73.3 cm³/mol. The maximum absolute atomic E-state index is 4.11. The van der Waals surface area contributed by atoms with Crippen LogP contribution in [0.5, 0.6) is 0 Å². The van der Waals surface area contributed by atoms with Gasteiger partial charge in [0.25, 0.3) is 0 Å². The van der Waals surface area contributed by atoms with Crippen LogP contribution >= 0.6 is 0 Å². The molecule has 0 aliphatic rings. The van der Waals surface area contributed by atoms with Crippen molar-refractivity contribution in [3.05, 3.63) is 54.4 Å². The molecule has 5 heteroatoms. The third-order valence-corrected chi connectivity index (χ3v) is 3.12. The Balaban J connectivity index is 1.67. The number of nitrogens with zero attached hydrogens (tertiary/aromatic N) is 4. The van der Waals surface area contributed by atoms with E-state index in [2.05, 4.69) is 38.7 Å². The molecule has 0 saturated carbocycles. The lowest BCUT2D eigenvalue weighted by molar-refractivity contribution is 0.637. The van der Waals surface area contributed by atoms with Gasteiger partial charge in [-0.25, -0.2) is 0 Å². The fraction of sp³-hybridized carbons (Fsp3) is 0.214. The molecular formula is C14H15N5. The molecule has 0 spiro atoms. The molecule has 2 aromatic heterocycles. The van der Waals surface area contributed by atoms with Crippen molar-refractivity contribution in [1.29, 1.82) is 0 Å². The summed E-state index contributed by atoms with van der Waals surface area (Å²) in [6.07, 6.45) is 5.41. The summed E-state index contributed by atoms with van der Waals surface area (Å²) >= 11 is 0. The Bertz CT molecular complexity index is 689. The fourth-order valence-electron chi connectivity index (χ4n) is 2.03. The second-order valence-electron chi connectivity index (χ2n) is 4.52. The number of rotatable bonds is 4. The van der Waals surface area contributed by atoms with Gasteiger partial charge in [0.2, 0.25) is 0 Å². The number of pyridine rings is 1. The van der Waals surface area contributed by atoms with Crippen LogP contribution in [0.1, 0.15) is 11.4 Å². The van der Waals surface area contributed by atoms with Crippen molar-refractivity contribution in [3.63, 3.8) is 0 Å². The summed E-state index contributed by atoms with van der Waals surface area (Å²) in [6, 6.07) is 8.43. The van der Waals surface area contributed by atoms with Gasteiger partial charge in [-0.2, -0.15) is 0 Å². The van der Waals surface area contributed by atoms with Crippen molar-refractivity contribution in [1.82, 2.24) is 25.1 Å². The molecule has 1 N–H and O–H groups in total. The average molecular weight is 253 g/mol. The van der Waals surface area contributed by atoms with E-state index >= 15 is 0 Å². The molecule has 3 rings (SSSR count). The van der Waals surface area contributed by atoms with E-state index in [-0.39, 0.29) is 0 Å². The Labute approximate surface area is 111 Å². The van der Waals surface area contributed by atoms with Gasteiger partial charge in [-0.3, -0.25) is 4.98 Å². The highest BCUT2D eigenvalue weighted by Crippen LogP contribution is 2.14. The summed E-state index contributed by atoms with van der Waals surface area (Å²) in [6.45, 7) is 1.52. The second kappa shape index (κ2) is 5.16. The quantitative estimate of drug-likeness (QED) is 0.768. The molecule has 0 saturated heterocycles. The van der Waals surface area contributed by atoms with Gasteiger partial charge in [0, 0.05) is 31.4 Å². The topological polar surface area (TPSA) is 55.6 Å². The summed E-state index contributed by atoms with van der Waals surface area (Å²) in [5.74, 6) is 0.935. The van der Waals surface area contributed by atoms with Crippen LogP contribution in [0, 0.1) is 0 Å². The summed E-state index contributed by atoms with van der Waals surface area (Å²) < 4.78 is 1.92. The van der Waals surface area contributed by atoms with E-state index in [0.29, 0.717) is 6.54 Å². The van der Waals surface area contributed by atoms with Gasteiger partial charge in [0.1, 0.15) is 12.2 Å². The van der Waals surface area contributed by atoms with Crippen LogP contribution in [0.3, 0.4) is 0 Å². The van der Waals surface area contributed by atoms with Crippen LogP contribution < -0.4 is 5.32 Å². The SMILES string of the molecule is Cn1cnnc1CNCc1ccc2cnccc2c1. The zero-order valence-corrected chi connectivity index (χ0v) is 10.7. The molecule has 0 amide bonds. The van der Waals surface area contributed by atoms with Crippen LogP contribution in [0.25, 0.3) is 10.8 Å². The van der Waals surface area contributed by atoms with Gasteiger partial charge in [0.15, 0.2) is 0 Å². The number of aryl methyl sites for hydroxylation is 1. The molecule has 0 atom stereocenters. The largest absolute Gasteiger partial charge is 0.320 e. The van der Waals surface area contributed by atoms with Gasteiger partial charge in [-0.1, -0.05) is 12.1 Å². The minimum absolute atomic E-state index is 0.713. The number of fused-ring (bicyclic) bond motifs is 1. The maximum Gasteiger partial charge on any atom is 0.146 e. The first-order valence-electron chi connectivity index (χ1n) is 6.19. The molecule has 1 aromatic carbocycles. The lowest BCUT2D eigenvalue weighted by atomic mass is 10.1. The van der Waals surface area contributed by atoms with E-state index in [0.717, 1.165) is 12.4 Å². The highest BCUT2D eigenvalue weighted by Gasteiger charge is 2.00. The van der Waals surface area contributed by atoms with Gasteiger partial charge in [-0.05, 0) is 23.1 Å². The van der Waals surface area contributed by atoms with Crippen LogP contribution in [-0.4, -0.2) is 19.7 Å². The van der Waals surface area contributed by atoms with E-state index in [1.165, 1.54) is 16.3 Å². The van der Waals surface area contributed by atoms with Crippen molar-refractivity contribution in [2.24, 2.45) is 7.05 Å². The molecule has 0 radical (unpaired) electrons.